The maximum Gasteiger partial charge on any atom is 0.154 e. The van der Waals surface area contributed by atoms with Crippen molar-refractivity contribution >= 4 is 43.6 Å². The van der Waals surface area contributed by atoms with Gasteiger partial charge in [0, 0.05) is 16.1 Å². The van der Waals surface area contributed by atoms with Gasteiger partial charge in [0.05, 0.1) is 16.4 Å². The topological polar surface area (TPSA) is 67.6 Å². The van der Waals surface area contributed by atoms with E-state index in [1.807, 2.05) is 18.2 Å². The maximum atomic E-state index is 5.71. The van der Waals surface area contributed by atoms with Gasteiger partial charge in [0.2, 0.25) is 0 Å². The van der Waals surface area contributed by atoms with Gasteiger partial charge < -0.3 is 5.73 Å². The lowest BCUT2D eigenvalue weighted by atomic mass is 10.2. The fourth-order valence-corrected chi connectivity index (χ4v) is 2.01. The molecule has 15 heavy (non-hydrogen) atoms. The Bertz CT molecular complexity index is 659. The molecule has 2 heterocycles. The van der Waals surface area contributed by atoms with Crippen molar-refractivity contribution in [3.05, 3.63) is 28.9 Å². The summed E-state index contributed by atoms with van der Waals surface area (Å²) in [4.78, 5) is 4.33. The molecular weight excluding hydrogens is 256 g/mol. The first kappa shape index (κ1) is 8.67. The third-order valence-corrected chi connectivity index (χ3v) is 2.89. The Morgan fingerprint density at radius 3 is 3.00 bits per heavy atom. The predicted molar refractivity (Wildman–Crippen MR) is 63.5 cm³/mol. The van der Waals surface area contributed by atoms with Crippen LogP contribution in [0.1, 0.15) is 0 Å². The van der Waals surface area contributed by atoms with E-state index >= 15 is 0 Å². The molecule has 0 bridgehead atoms. The van der Waals surface area contributed by atoms with Crippen molar-refractivity contribution in [1.82, 2.24) is 15.2 Å². The van der Waals surface area contributed by atoms with Crippen molar-refractivity contribution in [2.75, 3.05) is 5.73 Å². The second-order valence-corrected chi connectivity index (χ2v) is 4.23. The third kappa shape index (κ3) is 1.20. The van der Waals surface area contributed by atoms with E-state index < -0.39 is 0 Å². The molecule has 0 amide bonds. The Morgan fingerprint density at radius 2 is 2.13 bits per heavy atom. The molecule has 3 rings (SSSR count). The van der Waals surface area contributed by atoms with E-state index in [1.54, 1.807) is 6.20 Å². The van der Waals surface area contributed by atoms with Crippen molar-refractivity contribution in [1.29, 1.82) is 0 Å². The summed E-state index contributed by atoms with van der Waals surface area (Å²) in [6.07, 6.45) is 1.74. The Hall–Kier alpha value is -1.62. The Balaban J connectivity index is 2.55. The first-order valence-electron chi connectivity index (χ1n) is 4.43. The van der Waals surface area contributed by atoms with Crippen LogP contribution in [0.3, 0.4) is 0 Å². The van der Waals surface area contributed by atoms with Crippen molar-refractivity contribution in [2.24, 2.45) is 0 Å². The van der Waals surface area contributed by atoms with Crippen LogP contribution in [0.5, 0.6) is 0 Å². The molecule has 0 saturated heterocycles. The second kappa shape index (κ2) is 2.93. The number of halogens is 1. The standard InChI is InChI=1S/C10H7BrN4/c11-5-1-2-6-8(3-5)13-4-7-9(6)14-15-10(7)12/h1-4H,(H3,12,14,15). The molecule has 0 saturated carbocycles. The predicted octanol–water partition coefficient (Wildman–Crippen LogP) is 2.46. The van der Waals surface area contributed by atoms with Gasteiger partial charge in [-0.3, -0.25) is 10.1 Å². The van der Waals surface area contributed by atoms with Gasteiger partial charge in [-0.1, -0.05) is 15.9 Å². The zero-order chi connectivity index (χ0) is 10.4. The molecule has 0 spiro atoms. The van der Waals surface area contributed by atoms with Crippen LogP contribution in [0.25, 0.3) is 21.8 Å². The lowest BCUT2D eigenvalue weighted by Gasteiger charge is -1.98. The SMILES string of the molecule is Nc1n[nH]c2c1cnc1cc(Br)ccc12. The lowest BCUT2D eigenvalue weighted by Crippen LogP contribution is -1.84. The minimum atomic E-state index is 0.488. The first-order chi connectivity index (χ1) is 7.25. The van der Waals surface area contributed by atoms with Crippen LogP contribution in [0, 0.1) is 0 Å². The van der Waals surface area contributed by atoms with Gasteiger partial charge in [0.25, 0.3) is 0 Å². The number of aromatic amines is 1. The van der Waals surface area contributed by atoms with E-state index in [-0.39, 0.29) is 0 Å². The highest BCUT2D eigenvalue weighted by molar-refractivity contribution is 9.10. The summed E-state index contributed by atoms with van der Waals surface area (Å²) >= 11 is 3.41. The summed E-state index contributed by atoms with van der Waals surface area (Å²) in [7, 11) is 0. The number of pyridine rings is 1. The second-order valence-electron chi connectivity index (χ2n) is 3.32. The van der Waals surface area contributed by atoms with Crippen LogP contribution < -0.4 is 5.73 Å². The van der Waals surface area contributed by atoms with E-state index in [1.165, 1.54) is 0 Å². The summed E-state index contributed by atoms with van der Waals surface area (Å²) < 4.78 is 1.01. The highest BCUT2D eigenvalue weighted by Crippen LogP contribution is 2.26. The number of nitrogens with two attached hydrogens (primary N) is 1. The number of nitrogen functional groups attached to an aromatic ring is 1. The zero-order valence-electron chi connectivity index (χ0n) is 7.66. The van der Waals surface area contributed by atoms with Crippen molar-refractivity contribution < 1.29 is 0 Å². The molecule has 0 unspecified atom stereocenters. The highest BCUT2D eigenvalue weighted by Gasteiger charge is 2.06. The number of aromatic nitrogens is 3. The Labute approximate surface area is 93.6 Å². The van der Waals surface area contributed by atoms with E-state index in [2.05, 4.69) is 31.1 Å². The molecule has 0 radical (unpaired) electrons. The molecule has 3 N–H and O–H groups in total. The normalized spacial score (nSPS) is 11.3. The van der Waals surface area contributed by atoms with Crippen molar-refractivity contribution in [2.45, 2.75) is 0 Å². The quantitative estimate of drug-likeness (QED) is 0.654. The number of hydrogen-bond acceptors (Lipinski definition) is 3. The number of nitrogens with one attached hydrogen (secondary N) is 1. The van der Waals surface area contributed by atoms with Crippen LogP contribution >= 0.6 is 15.9 Å². The van der Waals surface area contributed by atoms with E-state index in [0.717, 1.165) is 26.3 Å². The number of fused-ring (bicyclic) bond motifs is 3. The maximum absolute atomic E-state index is 5.71. The average molecular weight is 263 g/mol. The molecule has 3 aromatic rings. The Morgan fingerprint density at radius 1 is 1.27 bits per heavy atom. The van der Waals surface area contributed by atoms with Gasteiger partial charge in [-0.2, -0.15) is 5.10 Å². The fourth-order valence-electron chi connectivity index (χ4n) is 1.66. The monoisotopic (exact) mass is 262 g/mol. The number of H-pyrrole nitrogens is 1. The van der Waals surface area contributed by atoms with Crippen LogP contribution in [0.2, 0.25) is 0 Å². The molecule has 0 aliphatic heterocycles. The molecule has 4 nitrogen and oxygen atoms in total. The van der Waals surface area contributed by atoms with Gasteiger partial charge in [-0.25, -0.2) is 0 Å². The van der Waals surface area contributed by atoms with E-state index in [0.29, 0.717) is 5.82 Å². The van der Waals surface area contributed by atoms with Gasteiger partial charge in [0.1, 0.15) is 0 Å². The van der Waals surface area contributed by atoms with Crippen LogP contribution in [0.15, 0.2) is 28.9 Å². The molecule has 2 aromatic heterocycles. The summed E-state index contributed by atoms with van der Waals surface area (Å²) in [6.45, 7) is 0. The molecule has 74 valence electrons. The number of anilines is 1. The molecule has 1 aromatic carbocycles. The largest absolute Gasteiger partial charge is 0.382 e. The molecule has 0 atom stereocenters. The number of benzene rings is 1. The van der Waals surface area contributed by atoms with Crippen molar-refractivity contribution in [3.63, 3.8) is 0 Å². The van der Waals surface area contributed by atoms with Crippen LogP contribution in [-0.4, -0.2) is 15.2 Å². The van der Waals surface area contributed by atoms with Gasteiger partial charge in [-0.15, -0.1) is 0 Å². The minimum absolute atomic E-state index is 0.488. The Kier molecular flexibility index (Phi) is 1.70. The fraction of sp³-hybridized carbons (Fsp3) is 0. The lowest BCUT2D eigenvalue weighted by molar-refractivity contribution is 1.13. The van der Waals surface area contributed by atoms with Crippen molar-refractivity contribution in [3.8, 4) is 0 Å². The molecule has 5 heteroatoms. The molecule has 0 fully saturated rings. The first-order valence-corrected chi connectivity index (χ1v) is 5.23. The number of nitrogens with zero attached hydrogens (tertiary/aromatic N) is 2. The van der Waals surface area contributed by atoms with Gasteiger partial charge in [-0.05, 0) is 18.2 Å². The van der Waals surface area contributed by atoms with E-state index in [4.69, 9.17) is 5.73 Å². The smallest absolute Gasteiger partial charge is 0.154 e. The molecular formula is C10H7BrN4. The molecule has 0 aliphatic carbocycles. The van der Waals surface area contributed by atoms with Crippen LogP contribution in [-0.2, 0) is 0 Å². The highest BCUT2D eigenvalue weighted by atomic mass is 79.9. The number of hydrogen-bond donors (Lipinski definition) is 2. The van der Waals surface area contributed by atoms with Crippen LogP contribution in [0.4, 0.5) is 5.82 Å². The third-order valence-electron chi connectivity index (χ3n) is 2.40. The van der Waals surface area contributed by atoms with Gasteiger partial charge in [0.15, 0.2) is 5.82 Å². The van der Waals surface area contributed by atoms with Gasteiger partial charge >= 0.3 is 0 Å². The molecule has 0 aliphatic rings. The number of rotatable bonds is 0. The summed E-state index contributed by atoms with van der Waals surface area (Å²) in [5, 5.41) is 8.78. The average Bonchev–Trinajstić information content (AvgIpc) is 2.60. The zero-order valence-corrected chi connectivity index (χ0v) is 9.25. The minimum Gasteiger partial charge on any atom is -0.382 e. The summed E-state index contributed by atoms with van der Waals surface area (Å²) in [5.74, 6) is 0.488. The summed E-state index contributed by atoms with van der Waals surface area (Å²) in [5.41, 5.74) is 7.56. The van der Waals surface area contributed by atoms with E-state index in [9.17, 15) is 0 Å². The summed E-state index contributed by atoms with van der Waals surface area (Å²) in [6, 6.07) is 5.93.